The van der Waals surface area contributed by atoms with E-state index in [2.05, 4.69) is 206 Å². The molecule has 1 aromatic heterocycles. The monoisotopic (exact) mass is 739 g/mol. The topological polar surface area (TPSA) is 38.7 Å². The maximum absolute atomic E-state index is 5.26. The Morgan fingerprint density at radius 3 is 1.03 bits per heavy atom. The van der Waals surface area contributed by atoms with Gasteiger partial charge in [-0.15, -0.1) is 0 Å². The summed E-state index contributed by atoms with van der Waals surface area (Å²) in [5, 5.41) is 2.42. The largest absolute Gasteiger partial charge is 0.208 e. The van der Waals surface area contributed by atoms with E-state index in [4.69, 9.17) is 15.0 Å². The number of hydrogen-bond donors (Lipinski definition) is 0. The fraction of sp³-hybridized carbons (Fsp3) is 0. The molecule has 0 amide bonds. The van der Waals surface area contributed by atoms with Crippen LogP contribution in [0.4, 0.5) is 0 Å². The number of benzene rings is 9. The Balaban J connectivity index is 1.09. The molecule has 10 rings (SSSR count). The van der Waals surface area contributed by atoms with Crippen molar-refractivity contribution < 1.29 is 0 Å². The summed E-state index contributed by atoms with van der Waals surface area (Å²) in [6, 6.07) is 78.9. The van der Waals surface area contributed by atoms with Gasteiger partial charge in [0.25, 0.3) is 0 Å². The van der Waals surface area contributed by atoms with Gasteiger partial charge < -0.3 is 0 Å². The van der Waals surface area contributed by atoms with E-state index in [1.165, 1.54) is 27.5 Å². The van der Waals surface area contributed by atoms with Crippen molar-refractivity contribution in [2.75, 3.05) is 0 Å². The van der Waals surface area contributed by atoms with E-state index in [1.54, 1.807) is 0 Å². The number of nitrogens with zero attached hydrogens (tertiary/aromatic N) is 3. The molecule has 0 spiro atoms. The molecule has 3 nitrogen and oxygen atoms in total. The average Bonchev–Trinajstić information content (AvgIpc) is 3.32. The lowest BCUT2D eigenvalue weighted by Gasteiger charge is -2.15. The van der Waals surface area contributed by atoms with Crippen molar-refractivity contribution in [2.24, 2.45) is 0 Å². The van der Waals surface area contributed by atoms with Crippen LogP contribution in [0.15, 0.2) is 224 Å². The van der Waals surface area contributed by atoms with Crippen molar-refractivity contribution in [3.63, 3.8) is 0 Å². The zero-order valence-corrected chi connectivity index (χ0v) is 31.7. The van der Waals surface area contributed by atoms with Crippen LogP contribution in [0.2, 0.25) is 0 Å². The van der Waals surface area contributed by atoms with Gasteiger partial charge in [0.05, 0.1) is 0 Å². The Morgan fingerprint density at radius 1 is 0.190 bits per heavy atom. The molecule has 0 fully saturated rings. The molecule has 0 aliphatic heterocycles. The third-order valence-electron chi connectivity index (χ3n) is 10.8. The average molecular weight is 740 g/mol. The first-order valence-corrected chi connectivity index (χ1v) is 19.6. The Labute approximate surface area is 338 Å². The summed E-state index contributed by atoms with van der Waals surface area (Å²) >= 11 is 0. The molecule has 10 aromatic rings. The van der Waals surface area contributed by atoms with Gasteiger partial charge in [-0.2, -0.15) is 0 Å². The molecule has 272 valence electrons. The standard InChI is InChI=1S/C55H37N3/c1-4-12-38(13-5-1)41-20-22-43(23-21-41)44-26-31-47(32-27-44)54-56-53(46-29-24-42(25-30-46)39-14-6-2-7-15-39)57-55(58-54)52-37-50(34-35-51(52)45-17-8-3-9-18-45)49-33-28-40-16-10-11-19-48(40)36-49/h1-37H. The van der Waals surface area contributed by atoms with Gasteiger partial charge in [-0.25, -0.2) is 15.0 Å². The highest BCUT2D eigenvalue weighted by Gasteiger charge is 2.18. The van der Waals surface area contributed by atoms with Crippen LogP contribution in [0.3, 0.4) is 0 Å². The molecular formula is C55H37N3. The Kier molecular flexibility index (Phi) is 9.23. The number of hydrogen-bond acceptors (Lipinski definition) is 3. The second-order valence-electron chi connectivity index (χ2n) is 14.5. The fourth-order valence-electron chi connectivity index (χ4n) is 7.64. The third kappa shape index (κ3) is 7.09. The predicted molar refractivity (Wildman–Crippen MR) is 241 cm³/mol. The van der Waals surface area contributed by atoms with Gasteiger partial charge in [0.1, 0.15) is 0 Å². The van der Waals surface area contributed by atoms with E-state index in [0.717, 1.165) is 55.6 Å². The molecule has 0 N–H and O–H groups in total. The van der Waals surface area contributed by atoms with Crippen LogP contribution in [0, 0.1) is 0 Å². The van der Waals surface area contributed by atoms with Crippen molar-refractivity contribution in [3.8, 4) is 89.8 Å². The summed E-state index contributed by atoms with van der Waals surface area (Å²) in [5.41, 5.74) is 14.2. The van der Waals surface area contributed by atoms with E-state index in [1.807, 2.05) is 18.2 Å². The minimum absolute atomic E-state index is 0.619. The maximum Gasteiger partial charge on any atom is 0.164 e. The zero-order valence-electron chi connectivity index (χ0n) is 31.7. The molecule has 9 aromatic carbocycles. The van der Waals surface area contributed by atoms with Crippen LogP contribution in [0.25, 0.3) is 101 Å². The molecule has 0 bridgehead atoms. The van der Waals surface area contributed by atoms with Crippen LogP contribution >= 0.6 is 0 Å². The SMILES string of the molecule is c1ccc(-c2ccc(-c3ccc(-c4nc(-c5ccc(-c6ccccc6)cc5)nc(-c5cc(-c6ccc7ccccc7c6)ccc5-c5ccccc5)n4)cc3)cc2)cc1. The summed E-state index contributed by atoms with van der Waals surface area (Å²) in [6.07, 6.45) is 0. The van der Waals surface area contributed by atoms with Gasteiger partial charge in [0.15, 0.2) is 17.5 Å². The van der Waals surface area contributed by atoms with Gasteiger partial charge in [0.2, 0.25) is 0 Å². The molecule has 0 saturated heterocycles. The van der Waals surface area contributed by atoms with Crippen molar-refractivity contribution in [1.29, 1.82) is 0 Å². The highest BCUT2D eigenvalue weighted by molar-refractivity contribution is 5.90. The first-order valence-electron chi connectivity index (χ1n) is 19.6. The summed E-state index contributed by atoms with van der Waals surface area (Å²) in [6.45, 7) is 0. The molecular weight excluding hydrogens is 703 g/mol. The Morgan fingerprint density at radius 2 is 0.534 bits per heavy atom. The smallest absolute Gasteiger partial charge is 0.164 e. The molecule has 0 unspecified atom stereocenters. The number of fused-ring (bicyclic) bond motifs is 1. The summed E-state index contributed by atoms with van der Waals surface area (Å²) in [4.78, 5) is 15.7. The number of aromatic nitrogens is 3. The molecule has 0 atom stereocenters. The Bertz CT molecular complexity index is 3000. The lowest BCUT2D eigenvalue weighted by Crippen LogP contribution is -2.01. The van der Waals surface area contributed by atoms with E-state index in [9.17, 15) is 0 Å². The molecule has 0 aliphatic rings. The van der Waals surface area contributed by atoms with E-state index < -0.39 is 0 Å². The summed E-state index contributed by atoms with van der Waals surface area (Å²) in [7, 11) is 0. The van der Waals surface area contributed by atoms with Gasteiger partial charge in [-0.1, -0.05) is 212 Å². The molecule has 1 heterocycles. The summed E-state index contributed by atoms with van der Waals surface area (Å²) < 4.78 is 0. The van der Waals surface area contributed by atoms with Crippen LogP contribution in [0.1, 0.15) is 0 Å². The molecule has 3 heteroatoms. The summed E-state index contributed by atoms with van der Waals surface area (Å²) in [5.74, 6) is 1.86. The zero-order chi connectivity index (χ0) is 38.7. The second-order valence-corrected chi connectivity index (χ2v) is 14.5. The van der Waals surface area contributed by atoms with Crippen molar-refractivity contribution >= 4 is 10.8 Å². The maximum atomic E-state index is 5.26. The second kappa shape index (κ2) is 15.4. The minimum Gasteiger partial charge on any atom is -0.208 e. The molecule has 0 saturated carbocycles. The van der Waals surface area contributed by atoms with Crippen LogP contribution in [0.5, 0.6) is 0 Å². The van der Waals surface area contributed by atoms with E-state index in [0.29, 0.717) is 17.5 Å². The quantitative estimate of drug-likeness (QED) is 0.156. The van der Waals surface area contributed by atoms with Gasteiger partial charge in [-0.3, -0.25) is 0 Å². The number of rotatable bonds is 8. The van der Waals surface area contributed by atoms with Crippen LogP contribution in [-0.4, -0.2) is 15.0 Å². The van der Waals surface area contributed by atoms with Gasteiger partial charge in [0, 0.05) is 16.7 Å². The molecule has 0 aliphatic carbocycles. The third-order valence-corrected chi connectivity index (χ3v) is 10.8. The normalized spacial score (nSPS) is 11.1. The van der Waals surface area contributed by atoms with Gasteiger partial charge >= 0.3 is 0 Å². The lowest BCUT2D eigenvalue weighted by molar-refractivity contribution is 1.07. The highest BCUT2D eigenvalue weighted by Crippen LogP contribution is 2.37. The predicted octanol–water partition coefficient (Wildman–Crippen LogP) is 14.4. The lowest BCUT2D eigenvalue weighted by atomic mass is 9.93. The fourth-order valence-corrected chi connectivity index (χ4v) is 7.64. The van der Waals surface area contributed by atoms with Crippen molar-refractivity contribution in [3.05, 3.63) is 224 Å². The van der Waals surface area contributed by atoms with Crippen LogP contribution in [-0.2, 0) is 0 Å². The van der Waals surface area contributed by atoms with Crippen molar-refractivity contribution in [1.82, 2.24) is 15.0 Å². The first-order chi connectivity index (χ1) is 28.7. The molecule has 0 radical (unpaired) electrons. The highest BCUT2D eigenvalue weighted by atomic mass is 15.0. The minimum atomic E-state index is 0.619. The van der Waals surface area contributed by atoms with E-state index in [-0.39, 0.29) is 0 Å². The van der Waals surface area contributed by atoms with E-state index >= 15 is 0 Å². The van der Waals surface area contributed by atoms with Gasteiger partial charge in [-0.05, 0) is 78.5 Å². The Hall–Kier alpha value is -7.75. The van der Waals surface area contributed by atoms with Crippen molar-refractivity contribution in [2.45, 2.75) is 0 Å². The molecule has 58 heavy (non-hydrogen) atoms. The first kappa shape index (κ1) is 34.7. The van der Waals surface area contributed by atoms with Crippen LogP contribution < -0.4 is 0 Å².